The summed E-state index contributed by atoms with van der Waals surface area (Å²) in [5.41, 5.74) is 7.46. The van der Waals surface area contributed by atoms with E-state index in [1.807, 2.05) is 0 Å². The highest BCUT2D eigenvalue weighted by Crippen LogP contribution is 2.25. The van der Waals surface area contributed by atoms with Crippen LogP contribution in [0.5, 0.6) is 0 Å². The number of aromatic nitrogens is 1. The molecule has 0 unspecified atom stereocenters. The summed E-state index contributed by atoms with van der Waals surface area (Å²) in [4.78, 5) is 16.0. The van der Waals surface area contributed by atoms with E-state index in [-0.39, 0.29) is 6.61 Å². The fraction of sp³-hybridized carbons (Fsp3) is 0.143. The third-order valence-electron chi connectivity index (χ3n) is 2.74. The van der Waals surface area contributed by atoms with Crippen LogP contribution in [0.4, 0.5) is 5.69 Å². The number of esters is 1. The summed E-state index contributed by atoms with van der Waals surface area (Å²) >= 11 is 12.0. The fourth-order valence-electron chi connectivity index (χ4n) is 1.64. The van der Waals surface area contributed by atoms with Gasteiger partial charge in [0.05, 0.1) is 23.1 Å². The van der Waals surface area contributed by atoms with Crippen LogP contribution in [-0.2, 0) is 11.3 Å². The number of carbonyl (C=O) groups is 1. The lowest BCUT2D eigenvalue weighted by molar-refractivity contribution is 0.0471. The second kappa shape index (κ2) is 6.11. The van der Waals surface area contributed by atoms with Crippen LogP contribution in [0.1, 0.15) is 21.6 Å². The molecular weight excluding hydrogens is 299 g/mol. The highest BCUT2D eigenvalue weighted by molar-refractivity contribution is 6.35. The van der Waals surface area contributed by atoms with Crippen LogP contribution in [0.25, 0.3) is 0 Å². The predicted octanol–water partition coefficient (Wildman–Crippen LogP) is 3.64. The number of anilines is 1. The third kappa shape index (κ3) is 3.21. The van der Waals surface area contributed by atoms with Crippen LogP contribution in [0, 0.1) is 6.92 Å². The van der Waals surface area contributed by atoms with Crippen molar-refractivity contribution in [3.63, 3.8) is 0 Å². The minimum absolute atomic E-state index is 0.00835. The van der Waals surface area contributed by atoms with Gasteiger partial charge >= 0.3 is 5.97 Å². The number of ether oxygens (including phenoxy) is 1. The largest absolute Gasteiger partial charge is 0.457 e. The van der Waals surface area contributed by atoms with Crippen molar-refractivity contribution < 1.29 is 9.53 Å². The molecule has 1 heterocycles. The molecule has 0 fully saturated rings. The summed E-state index contributed by atoms with van der Waals surface area (Å²) in [6.07, 6.45) is 1.48. The first-order chi connectivity index (χ1) is 9.49. The van der Waals surface area contributed by atoms with Crippen LogP contribution in [0.3, 0.4) is 0 Å². The predicted molar refractivity (Wildman–Crippen MR) is 79.0 cm³/mol. The first kappa shape index (κ1) is 14.6. The van der Waals surface area contributed by atoms with Gasteiger partial charge < -0.3 is 10.5 Å². The number of benzene rings is 1. The standard InChI is InChI=1S/C14H12Cl2N2O2/c1-8-10(5-9(17)6-18-8)14(19)20-7-11-12(15)3-2-4-13(11)16/h2-6H,7,17H2,1H3. The molecule has 0 aliphatic heterocycles. The summed E-state index contributed by atoms with van der Waals surface area (Å²) < 4.78 is 5.21. The summed E-state index contributed by atoms with van der Waals surface area (Å²) in [5, 5.41) is 0.903. The molecular formula is C14H12Cl2N2O2. The van der Waals surface area contributed by atoms with Gasteiger partial charge in [0.25, 0.3) is 0 Å². The zero-order valence-electron chi connectivity index (χ0n) is 10.7. The number of aryl methyl sites for hydroxylation is 1. The average molecular weight is 311 g/mol. The Bertz CT molecular complexity index is 639. The maximum absolute atomic E-state index is 12.0. The van der Waals surface area contributed by atoms with Gasteiger partial charge in [0.15, 0.2) is 0 Å². The Balaban J connectivity index is 2.15. The lowest BCUT2D eigenvalue weighted by Gasteiger charge is -2.09. The fourth-order valence-corrected chi connectivity index (χ4v) is 2.15. The van der Waals surface area contributed by atoms with Crippen molar-refractivity contribution in [1.29, 1.82) is 0 Å². The Morgan fingerprint density at radius 1 is 1.35 bits per heavy atom. The average Bonchev–Trinajstić information content (AvgIpc) is 2.40. The number of nitrogens with two attached hydrogens (primary N) is 1. The monoisotopic (exact) mass is 310 g/mol. The van der Waals surface area contributed by atoms with Crippen molar-refractivity contribution >= 4 is 34.9 Å². The Hall–Kier alpha value is -1.78. The SMILES string of the molecule is Cc1ncc(N)cc1C(=O)OCc1c(Cl)cccc1Cl. The van der Waals surface area contributed by atoms with Gasteiger partial charge in [-0.2, -0.15) is 0 Å². The lowest BCUT2D eigenvalue weighted by Crippen LogP contribution is -2.09. The number of pyridine rings is 1. The molecule has 0 spiro atoms. The molecule has 0 bridgehead atoms. The molecule has 2 rings (SSSR count). The molecule has 0 atom stereocenters. The van der Waals surface area contributed by atoms with Crippen molar-refractivity contribution in [2.75, 3.05) is 5.73 Å². The molecule has 4 nitrogen and oxygen atoms in total. The van der Waals surface area contributed by atoms with E-state index in [1.165, 1.54) is 12.3 Å². The molecule has 1 aromatic heterocycles. The van der Waals surface area contributed by atoms with Crippen LogP contribution in [-0.4, -0.2) is 11.0 Å². The smallest absolute Gasteiger partial charge is 0.340 e. The van der Waals surface area contributed by atoms with E-state index in [1.54, 1.807) is 25.1 Å². The molecule has 0 saturated carbocycles. The van der Waals surface area contributed by atoms with Crippen molar-refractivity contribution in [3.05, 3.63) is 57.3 Å². The molecule has 0 aliphatic carbocycles. The highest BCUT2D eigenvalue weighted by Gasteiger charge is 2.14. The molecule has 20 heavy (non-hydrogen) atoms. The van der Waals surface area contributed by atoms with E-state index in [2.05, 4.69) is 4.98 Å². The quantitative estimate of drug-likeness (QED) is 0.879. The molecule has 0 amide bonds. The van der Waals surface area contributed by atoms with Crippen LogP contribution >= 0.6 is 23.2 Å². The zero-order valence-corrected chi connectivity index (χ0v) is 12.2. The van der Waals surface area contributed by atoms with Crippen LogP contribution in [0.2, 0.25) is 10.0 Å². The minimum Gasteiger partial charge on any atom is -0.457 e. The number of halogens is 2. The Labute approximate surface area is 126 Å². The van der Waals surface area contributed by atoms with E-state index in [9.17, 15) is 4.79 Å². The minimum atomic E-state index is -0.515. The van der Waals surface area contributed by atoms with Gasteiger partial charge in [-0.05, 0) is 25.1 Å². The van der Waals surface area contributed by atoms with E-state index in [0.717, 1.165) is 0 Å². The van der Waals surface area contributed by atoms with E-state index in [0.29, 0.717) is 32.6 Å². The Kier molecular flexibility index (Phi) is 4.47. The van der Waals surface area contributed by atoms with Crippen molar-refractivity contribution in [3.8, 4) is 0 Å². The summed E-state index contributed by atoms with van der Waals surface area (Å²) in [5.74, 6) is -0.515. The maximum Gasteiger partial charge on any atom is 0.340 e. The maximum atomic E-state index is 12.0. The number of rotatable bonds is 3. The molecule has 104 valence electrons. The third-order valence-corrected chi connectivity index (χ3v) is 3.45. The van der Waals surface area contributed by atoms with Crippen molar-refractivity contribution in [2.45, 2.75) is 13.5 Å². The van der Waals surface area contributed by atoms with Crippen molar-refractivity contribution in [1.82, 2.24) is 4.98 Å². The summed E-state index contributed by atoms with van der Waals surface area (Å²) in [7, 11) is 0. The molecule has 2 N–H and O–H groups in total. The molecule has 0 radical (unpaired) electrons. The number of hydrogen-bond acceptors (Lipinski definition) is 4. The van der Waals surface area contributed by atoms with E-state index >= 15 is 0 Å². The van der Waals surface area contributed by atoms with Crippen LogP contribution in [0.15, 0.2) is 30.5 Å². The number of nitrogens with zero attached hydrogens (tertiary/aromatic N) is 1. The highest BCUT2D eigenvalue weighted by atomic mass is 35.5. The van der Waals surface area contributed by atoms with Gasteiger partial charge in [0, 0.05) is 15.6 Å². The van der Waals surface area contributed by atoms with E-state index in [4.69, 9.17) is 33.7 Å². The number of carbonyl (C=O) groups excluding carboxylic acids is 1. The van der Waals surface area contributed by atoms with Gasteiger partial charge in [-0.25, -0.2) is 4.79 Å². The number of nitrogen functional groups attached to an aromatic ring is 1. The summed E-state index contributed by atoms with van der Waals surface area (Å²) in [6.45, 7) is 1.70. The first-order valence-electron chi connectivity index (χ1n) is 5.81. The van der Waals surface area contributed by atoms with Gasteiger partial charge in [-0.1, -0.05) is 29.3 Å². The molecule has 0 aliphatic rings. The number of hydrogen-bond donors (Lipinski definition) is 1. The molecule has 1 aromatic carbocycles. The normalized spacial score (nSPS) is 10.3. The lowest BCUT2D eigenvalue weighted by atomic mass is 10.2. The van der Waals surface area contributed by atoms with Gasteiger partial charge in [0.1, 0.15) is 6.61 Å². The van der Waals surface area contributed by atoms with E-state index < -0.39 is 5.97 Å². The molecule has 2 aromatic rings. The van der Waals surface area contributed by atoms with Gasteiger partial charge in [0.2, 0.25) is 0 Å². The van der Waals surface area contributed by atoms with Crippen molar-refractivity contribution in [2.24, 2.45) is 0 Å². The second-order valence-electron chi connectivity index (χ2n) is 4.18. The Morgan fingerprint density at radius 3 is 2.65 bits per heavy atom. The first-order valence-corrected chi connectivity index (χ1v) is 6.56. The topological polar surface area (TPSA) is 65.2 Å². The summed E-state index contributed by atoms with van der Waals surface area (Å²) in [6, 6.07) is 6.62. The van der Waals surface area contributed by atoms with Gasteiger partial charge in [-0.15, -0.1) is 0 Å². The second-order valence-corrected chi connectivity index (χ2v) is 4.99. The zero-order chi connectivity index (χ0) is 14.7. The molecule has 0 saturated heterocycles. The van der Waals surface area contributed by atoms with Gasteiger partial charge in [-0.3, -0.25) is 4.98 Å². The van der Waals surface area contributed by atoms with Crippen LogP contribution < -0.4 is 5.73 Å². The molecule has 6 heteroatoms. The Morgan fingerprint density at radius 2 is 2.00 bits per heavy atom.